The molecule has 1 saturated heterocycles. The van der Waals surface area contributed by atoms with Gasteiger partial charge in [-0.15, -0.1) is 0 Å². The lowest BCUT2D eigenvalue weighted by Crippen LogP contribution is -2.54. The second-order valence-electron chi connectivity index (χ2n) is 5.47. The van der Waals surface area contributed by atoms with Crippen molar-refractivity contribution in [1.82, 2.24) is 4.31 Å². The molecule has 2 aliphatic heterocycles. The van der Waals surface area contributed by atoms with Crippen molar-refractivity contribution in [3.8, 4) is 5.75 Å². The van der Waals surface area contributed by atoms with E-state index in [0.29, 0.717) is 37.7 Å². The molecule has 2 heterocycles. The maximum atomic E-state index is 12.9. The molecule has 1 aromatic carbocycles. The summed E-state index contributed by atoms with van der Waals surface area (Å²) in [7, 11) is -3.56. The second-order valence-corrected chi connectivity index (χ2v) is 7.32. The first-order valence-electron chi connectivity index (χ1n) is 7.13. The zero-order chi connectivity index (χ0) is 15.0. The summed E-state index contributed by atoms with van der Waals surface area (Å²) in [4.78, 5) is 0. The van der Waals surface area contributed by atoms with Crippen LogP contribution in [0.1, 0.15) is 13.8 Å². The van der Waals surface area contributed by atoms with Gasteiger partial charge in [0.05, 0.1) is 24.4 Å². The summed E-state index contributed by atoms with van der Waals surface area (Å²) >= 11 is 0. The Kier molecular flexibility index (Phi) is 3.81. The first-order valence-corrected chi connectivity index (χ1v) is 8.53. The van der Waals surface area contributed by atoms with Gasteiger partial charge in [-0.25, -0.2) is 0 Å². The highest BCUT2D eigenvalue weighted by atomic mass is 32.2. The molecule has 2 atom stereocenters. The van der Waals surface area contributed by atoms with Crippen molar-refractivity contribution in [1.29, 1.82) is 0 Å². The van der Waals surface area contributed by atoms with Crippen LogP contribution < -0.4 is 9.04 Å². The summed E-state index contributed by atoms with van der Waals surface area (Å²) in [5, 5.41) is 0. The summed E-state index contributed by atoms with van der Waals surface area (Å²) < 4.78 is 40.0. The van der Waals surface area contributed by atoms with Gasteiger partial charge in [-0.2, -0.15) is 12.7 Å². The van der Waals surface area contributed by atoms with Gasteiger partial charge in [0.15, 0.2) is 0 Å². The zero-order valence-corrected chi connectivity index (χ0v) is 13.0. The minimum Gasteiger partial charge on any atom is -0.489 e. The molecule has 0 saturated carbocycles. The molecule has 3 rings (SSSR count). The summed E-state index contributed by atoms with van der Waals surface area (Å²) in [6, 6.07) is 7.23. The van der Waals surface area contributed by atoms with Crippen LogP contribution in [0.5, 0.6) is 5.75 Å². The number of ether oxygens (including phenoxy) is 2. The average Bonchev–Trinajstić information content (AvgIpc) is 2.45. The van der Waals surface area contributed by atoms with Gasteiger partial charge in [-0.1, -0.05) is 12.1 Å². The number of nitrogens with zero attached hydrogens (tertiary/aromatic N) is 2. The van der Waals surface area contributed by atoms with Crippen LogP contribution in [0.2, 0.25) is 0 Å². The van der Waals surface area contributed by atoms with Crippen molar-refractivity contribution in [2.75, 3.05) is 30.5 Å². The van der Waals surface area contributed by atoms with E-state index in [0.717, 1.165) is 0 Å². The largest absolute Gasteiger partial charge is 0.489 e. The van der Waals surface area contributed by atoms with Crippen LogP contribution in [0.25, 0.3) is 0 Å². The molecular formula is C14H20N2O4S. The topological polar surface area (TPSA) is 59.1 Å². The Labute approximate surface area is 125 Å². The van der Waals surface area contributed by atoms with Gasteiger partial charge in [0.1, 0.15) is 12.4 Å². The third kappa shape index (κ3) is 2.73. The molecule has 0 amide bonds. The number of hydrogen-bond donors (Lipinski definition) is 0. The maximum absolute atomic E-state index is 12.9. The van der Waals surface area contributed by atoms with Gasteiger partial charge in [0.2, 0.25) is 0 Å². The lowest BCUT2D eigenvalue weighted by atomic mass is 10.2. The molecule has 0 aliphatic carbocycles. The molecule has 21 heavy (non-hydrogen) atoms. The summed E-state index contributed by atoms with van der Waals surface area (Å²) in [5.74, 6) is 0.613. The quantitative estimate of drug-likeness (QED) is 0.824. The summed E-state index contributed by atoms with van der Waals surface area (Å²) in [6.45, 7) is 5.25. The smallest absolute Gasteiger partial charge is 0.304 e. The molecule has 6 nitrogen and oxygen atoms in total. The van der Waals surface area contributed by atoms with Crippen LogP contribution in [-0.2, 0) is 14.9 Å². The Balaban J connectivity index is 1.92. The number of para-hydroxylation sites is 2. The maximum Gasteiger partial charge on any atom is 0.304 e. The molecule has 0 aromatic heterocycles. The molecule has 1 fully saturated rings. The van der Waals surface area contributed by atoms with Gasteiger partial charge in [-0.05, 0) is 26.0 Å². The number of morpholine rings is 1. The van der Waals surface area contributed by atoms with Crippen LogP contribution in [0.15, 0.2) is 24.3 Å². The van der Waals surface area contributed by atoms with E-state index in [1.54, 1.807) is 12.1 Å². The molecule has 0 N–H and O–H groups in total. The first-order chi connectivity index (χ1) is 9.98. The zero-order valence-electron chi connectivity index (χ0n) is 12.2. The fourth-order valence-corrected chi connectivity index (χ4v) is 4.62. The lowest BCUT2D eigenvalue weighted by molar-refractivity contribution is -0.0441. The predicted octanol–water partition coefficient (Wildman–Crippen LogP) is 1.24. The molecule has 1 aromatic rings. The van der Waals surface area contributed by atoms with Gasteiger partial charge in [-0.3, -0.25) is 4.31 Å². The Morgan fingerprint density at radius 3 is 2.52 bits per heavy atom. The molecule has 0 bridgehead atoms. The molecule has 0 radical (unpaired) electrons. The number of rotatable bonds is 2. The Bertz CT molecular complexity index is 609. The van der Waals surface area contributed by atoms with Crippen LogP contribution in [-0.4, -0.2) is 51.2 Å². The highest BCUT2D eigenvalue weighted by Crippen LogP contribution is 2.34. The van der Waals surface area contributed by atoms with Crippen molar-refractivity contribution in [3.63, 3.8) is 0 Å². The van der Waals surface area contributed by atoms with E-state index in [1.165, 1.54) is 8.61 Å². The molecule has 0 spiro atoms. The second kappa shape index (κ2) is 5.47. The molecule has 116 valence electrons. The molecule has 7 heteroatoms. The number of benzene rings is 1. The fraction of sp³-hybridized carbons (Fsp3) is 0.571. The Morgan fingerprint density at radius 2 is 1.81 bits per heavy atom. The highest BCUT2D eigenvalue weighted by molar-refractivity contribution is 7.90. The van der Waals surface area contributed by atoms with E-state index in [-0.39, 0.29) is 12.2 Å². The molecular weight excluding hydrogens is 292 g/mol. The van der Waals surface area contributed by atoms with Crippen molar-refractivity contribution in [2.45, 2.75) is 26.1 Å². The van der Waals surface area contributed by atoms with E-state index in [9.17, 15) is 8.42 Å². The van der Waals surface area contributed by atoms with E-state index in [2.05, 4.69) is 0 Å². The van der Waals surface area contributed by atoms with Crippen LogP contribution in [0.3, 0.4) is 0 Å². The summed E-state index contributed by atoms with van der Waals surface area (Å²) in [6.07, 6.45) is -0.195. The fourth-order valence-electron chi connectivity index (χ4n) is 2.84. The number of anilines is 1. The standard InChI is InChI=1S/C14H20N2O4S/c1-11-9-15(10-12(2)20-11)21(17,18)16-7-8-19-14-6-4-3-5-13(14)16/h3-6,11-12H,7-10H2,1-2H3. The van der Waals surface area contributed by atoms with Crippen molar-refractivity contribution in [2.24, 2.45) is 0 Å². The van der Waals surface area contributed by atoms with Crippen LogP contribution in [0, 0.1) is 0 Å². The molecule has 2 aliphatic rings. The Hall–Kier alpha value is -1.31. The molecule has 2 unspecified atom stereocenters. The van der Waals surface area contributed by atoms with Gasteiger partial charge in [0, 0.05) is 13.1 Å². The normalized spacial score (nSPS) is 27.0. The highest BCUT2D eigenvalue weighted by Gasteiger charge is 2.37. The van der Waals surface area contributed by atoms with Crippen molar-refractivity contribution < 1.29 is 17.9 Å². The van der Waals surface area contributed by atoms with E-state index < -0.39 is 10.2 Å². The van der Waals surface area contributed by atoms with E-state index in [1.807, 2.05) is 26.0 Å². The van der Waals surface area contributed by atoms with Crippen molar-refractivity contribution in [3.05, 3.63) is 24.3 Å². The average molecular weight is 312 g/mol. The summed E-state index contributed by atoms with van der Waals surface area (Å²) in [5.41, 5.74) is 0.607. The van der Waals surface area contributed by atoms with Gasteiger partial charge >= 0.3 is 10.2 Å². The monoisotopic (exact) mass is 312 g/mol. The van der Waals surface area contributed by atoms with Gasteiger partial charge in [0.25, 0.3) is 0 Å². The third-order valence-corrected chi connectivity index (χ3v) is 5.56. The van der Waals surface area contributed by atoms with Crippen molar-refractivity contribution >= 4 is 15.9 Å². The number of fused-ring (bicyclic) bond motifs is 1. The lowest BCUT2D eigenvalue weighted by Gasteiger charge is -2.39. The first kappa shape index (κ1) is 14.6. The minimum absolute atomic E-state index is 0.0974. The van der Waals surface area contributed by atoms with E-state index in [4.69, 9.17) is 9.47 Å². The predicted molar refractivity (Wildman–Crippen MR) is 79.8 cm³/mol. The van der Waals surface area contributed by atoms with Crippen LogP contribution >= 0.6 is 0 Å². The minimum atomic E-state index is -3.56. The SMILES string of the molecule is CC1CN(S(=O)(=O)N2CCOc3ccccc32)CC(C)O1. The third-order valence-electron chi connectivity index (χ3n) is 3.68. The Morgan fingerprint density at radius 1 is 1.14 bits per heavy atom. The van der Waals surface area contributed by atoms with E-state index >= 15 is 0 Å². The van der Waals surface area contributed by atoms with Gasteiger partial charge < -0.3 is 9.47 Å². The van der Waals surface area contributed by atoms with Crippen LogP contribution in [0.4, 0.5) is 5.69 Å². The number of hydrogen-bond acceptors (Lipinski definition) is 4.